The number of amides is 1. The van der Waals surface area contributed by atoms with Crippen molar-refractivity contribution >= 4 is 11.7 Å². The maximum absolute atomic E-state index is 13.7. The quantitative estimate of drug-likeness (QED) is 0.810. The lowest BCUT2D eigenvalue weighted by Crippen LogP contribution is -2.51. The summed E-state index contributed by atoms with van der Waals surface area (Å²) in [6.07, 6.45) is 3.12. The first-order chi connectivity index (χ1) is 11.4. The van der Waals surface area contributed by atoms with E-state index in [0.29, 0.717) is 6.54 Å². The number of hydrogen-bond acceptors (Lipinski definition) is 4. The largest absolute Gasteiger partial charge is 0.494 e. The van der Waals surface area contributed by atoms with Crippen LogP contribution in [0.2, 0.25) is 0 Å². The number of piperidine rings is 1. The summed E-state index contributed by atoms with van der Waals surface area (Å²) >= 11 is 0. The van der Waals surface area contributed by atoms with Crippen molar-refractivity contribution in [2.45, 2.75) is 51.1 Å². The zero-order chi connectivity index (χ0) is 17.7. The molecule has 0 saturated carbocycles. The number of Topliss-reactive ketones (excluding diaryl/α,β-unsaturated/α-hetero) is 1. The Kier molecular flexibility index (Phi) is 6.31. The summed E-state index contributed by atoms with van der Waals surface area (Å²) in [5.74, 6) is -0.794. The van der Waals surface area contributed by atoms with Crippen molar-refractivity contribution in [3.05, 3.63) is 29.6 Å². The van der Waals surface area contributed by atoms with Crippen molar-refractivity contribution < 1.29 is 18.7 Å². The molecule has 1 aromatic rings. The van der Waals surface area contributed by atoms with E-state index in [9.17, 15) is 14.0 Å². The number of carbonyl (C=O) groups is 2. The Hall–Kier alpha value is -1.95. The minimum Gasteiger partial charge on any atom is -0.494 e. The Morgan fingerprint density at radius 1 is 1.38 bits per heavy atom. The lowest BCUT2D eigenvalue weighted by atomic mass is 9.96. The Morgan fingerprint density at radius 2 is 2.12 bits per heavy atom. The lowest BCUT2D eigenvalue weighted by Gasteiger charge is -2.38. The molecule has 5 nitrogen and oxygen atoms in total. The maximum atomic E-state index is 13.7. The van der Waals surface area contributed by atoms with Gasteiger partial charge in [-0.1, -0.05) is 0 Å². The number of nitrogens with two attached hydrogens (primary N) is 1. The number of ketones is 1. The van der Waals surface area contributed by atoms with Crippen LogP contribution in [0.4, 0.5) is 4.39 Å². The van der Waals surface area contributed by atoms with Gasteiger partial charge >= 0.3 is 0 Å². The van der Waals surface area contributed by atoms with E-state index >= 15 is 0 Å². The number of benzene rings is 1. The van der Waals surface area contributed by atoms with Gasteiger partial charge < -0.3 is 15.4 Å². The number of rotatable bonds is 6. The van der Waals surface area contributed by atoms with Crippen LogP contribution in [0, 0.1) is 5.82 Å². The van der Waals surface area contributed by atoms with Crippen LogP contribution in [0.1, 0.15) is 49.4 Å². The van der Waals surface area contributed by atoms with Crippen LogP contribution in [0.5, 0.6) is 5.75 Å². The molecule has 0 radical (unpaired) electrons. The summed E-state index contributed by atoms with van der Waals surface area (Å²) in [6.45, 7) is 2.60. The number of likely N-dealkylation sites (tertiary alicyclic amines) is 1. The van der Waals surface area contributed by atoms with Crippen molar-refractivity contribution in [2.24, 2.45) is 5.73 Å². The van der Waals surface area contributed by atoms with Crippen LogP contribution in [0.25, 0.3) is 0 Å². The van der Waals surface area contributed by atoms with Crippen LogP contribution in [0.15, 0.2) is 18.2 Å². The summed E-state index contributed by atoms with van der Waals surface area (Å²) in [4.78, 5) is 26.4. The minimum atomic E-state index is -0.581. The van der Waals surface area contributed by atoms with E-state index in [0.717, 1.165) is 25.3 Å². The molecular weight excluding hydrogens is 311 g/mol. The van der Waals surface area contributed by atoms with E-state index in [1.165, 1.54) is 19.2 Å². The molecule has 0 aromatic heterocycles. The molecule has 0 aliphatic carbocycles. The summed E-state index contributed by atoms with van der Waals surface area (Å²) in [5.41, 5.74) is 6.23. The molecule has 1 aliphatic heterocycles. The molecule has 2 unspecified atom stereocenters. The van der Waals surface area contributed by atoms with Crippen LogP contribution in [-0.4, -0.2) is 42.3 Å². The third-order valence-electron chi connectivity index (χ3n) is 4.52. The predicted molar refractivity (Wildman–Crippen MR) is 89.5 cm³/mol. The van der Waals surface area contributed by atoms with Crippen LogP contribution in [-0.2, 0) is 4.79 Å². The Labute approximate surface area is 142 Å². The molecule has 0 bridgehead atoms. The average Bonchev–Trinajstić information content (AvgIpc) is 2.59. The molecule has 1 heterocycles. The van der Waals surface area contributed by atoms with Gasteiger partial charge in [-0.2, -0.15) is 0 Å². The Balaban J connectivity index is 1.95. The van der Waals surface area contributed by atoms with Crippen molar-refractivity contribution in [3.63, 3.8) is 0 Å². The predicted octanol–water partition coefficient (Wildman–Crippen LogP) is 2.53. The van der Waals surface area contributed by atoms with Crippen molar-refractivity contribution in [1.82, 2.24) is 4.90 Å². The molecule has 1 aliphatic rings. The fourth-order valence-corrected chi connectivity index (χ4v) is 3.16. The normalized spacial score (nSPS) is 19.0. The Bertz CT molecular complexity index is 604. The van der Waals surface area contributed by atoms with Gasteiger partial charge in [0.25, 0.3) is 0 Å². The van der Waals surface area contributed by atoms with Gasteiger partial charge in [0.2, 0.25) is 5.91 Å². The zero-order valence-electron chi connectivity index (χ0n) is 14.3. The van der Waals surface area contributed by atoms with Crippen LogP contribution < -0.4 is 10.5 Å². The van der Waals surface area contributed by atoms with Gasteiger partial charge in [-0.3, -0.25) is 9.59 Å². The molecule has 132 valence electrons. The fourth-order valence-electron chi connectivity index (χ4n) is 3.16. The Morgan fingerprint density at radius 3 is 2.75 bits per heavy atom. The molecule has 24 heavy (non-hydrogen) atoms. The average molecular weight is 336 g/mol. The number of carbonyl (C=O) groups excluding carboxylic acids is 2. The van der Waals surface area contributed by atoms with Gasteiger partial charge in [0.05, 0.1) is 7.11 Å². The van der Waals surface area contributed by atoms with Gasteiger partial charge in [0, 0.05) is 37.0 Å². The van der Waals surface area contributed by atoms with Gasteiger partial charge in [0.1, 0.15) is 0 Å². The first kappa shape index (κ1) is 18.4. The van der Waals surface area contributed by atoms with Crippen molar-refractivity contribution in [2.75, 3.05) is 13.7 Å². The molecular formula is C18H25FN2O3. The number of methoxy groups -OCH3 is 1. The number of ether oxygens (including phenoxy) is 1. The van der Waals surface area contributed by atoms with Gasteiger partial charge in [-0.05, 0) is 44.4 Å². The molecule has 2 rings (SSSR count). The first-order valence-electron chi connectivity index (χ1n) is 8.36. The van der Waals surface area contributed by atoms with Gasteiger partial charge in [0.15, 0.2) is 17.3 Å². The lowest BCUT2D eigenvalue weighted by molar-refractivity contribution is -0.135. The summed E-state index contributed by atoms with van der Waals surface area (Å²) in [6, 6.07) is 4.04. The topological polar surface area (TPSA) is 72.6 Å². The van der Waals surface area contributed by atoms with Crippen molar-refractivity contribution in [3.8, 4) is 5.75 Å². The van der Waals surface area contributed by atoms with E-state index < -0.39 is 5.82 Å². The molecule has 1 aromatic carbocycles. The highest BCUT2D eigenvalue weighted by Crippen LogP contribution is 2.22. The highest BCUT2D eigenvalue weighted by molar-refractivity contribution is 5.98. The third-order valence-corrected chi connectivity index (χ3v) is 4.52. The smallest absolute Gasteiger partial charge is 0.223 e. The van der Waals surface area contributed by atoms with E-state index in [4.69, 9.17) is 10.5 Å². The van der Waals surface area contributed by atoms with Gasteiger partial charge in [-0.25, -0.2) is 4.39 Å². The van der Waals surface area contributed by atoms with Crippen LogP contribution >= 0.6 is 0 Å². The zero-order valence-corrected chi connectivity index (χ0v) is 14.3. The fraction of sp³-hybridized carbons (Fsp3) is 0.556. The summed E-state index contributed by atoms with van der Waals surface area (Å²) in [7, 11) is 1.37. The molecule has 6 heteroatoms. The highest BCUT2D eigenvalue weighted by Gasteiger charge is 2.29. The second kappa shape index (κ2) is 8.24. The monoisotopic (exact) mass is 336 g/mol. The first-order valence-corrected chi connectivity index (χ1v) is 8.36. The number of nitrogens with zero attached hydrogens (tertiary/aromatic N) is 1. The maximum Gasteiger partial charge on any atom is 0.223 e. The third kappa shape index (κ3) is 4.32. The summed E-state index contributed by atoms with van der Waals surface area (Å²) in [5, 5.41) is 0. The van der Waals surface area contributed by atoms with Crippen molar-refractivity contribution in [1.29, 1.82) is 0 Å². The standard InChI is InChI=1S/C18H25FN2O3/c1-12(20)15-5-3-4-10-21(15)18(23)9-7-16(22)13-6-8-17(24-2)14(19)11-13/h6,8,11-12,15H,3-5,7,9-10,20H2,1-2H3. The molecule has 2 N–H and O–H groups in total. The molecule has 1 saturated heterocycles. The van der Waals surface area contributed by atoms with Crippen LogP contribution in [0.3, 0.4) is 0 Å². The molecule has 1 amide bonds. The van der Waals surface area contributed by atoms with E-state index in [1.54, 1.807) is 4.90 Å². The van der Waals surface area contributed by atoms with E-state index in [1.807, 2.05) is 6.92 Å². The molecule has 1 fully saturated rings. The summed E-state index contributed by atoms with van der Waals surface area (Å²) < 4.78 is 18.5. The van der Waals surface area contributed by atoms with E-state index in [2.05, 4.69) is 0 Å². The van der Waals surface area contributed by atoms with E-state index in [-0.39, 0.29) is 47.9 Å². The minimum absolute atomic E-state index is 0.0415. The number of hydrogen-bond donors (Lipinski definition) is 1. The number of halogens is 1. The molecule has 2 atom stereocenters. The second-order valence-corrected chi connectivity index (χ2v) is 6.28. The van der Waals surface area contributed by atoms with Gasteiger partial charge in [-0.15, -0.1) is 0 Å². The SMILES string of the molecule is COc1ccc(C(=O)CCC(=O)N2CCCCC2C(C)N)cc1F. The highest BCUT2D eigenvalue weighted by atomic mass is 19.1. The second-order valence-electron chi connectivity index (χ2n) is 6.28. The molecule has 0 spiro atoms.